The highest BCUT2D eigenvalue weighted by Crippen LogP contribution is 2.19. The minimum absolute atomic E-state index is 0.0402. The number of benzene rings is 2. The van der Waals surface area contributed by atoms with Crippen LogP contribution in [0.4, 0.5) is 11.8 Å². The van der Waals surface area contributed by atoms with Gasteiger partial charge in [0.2, 0.25) is 11.8 Å². The number of rotatable bonds is 7. The van der Waals surface area contributed by atoms with Crippen molar-refractivity contribution in [2.75, 3.05) is 24.9 Å². The molecule has 0 aliphatic carbocycles. The van der Waals surface area contributed by atoms with E-state index in [1.807, 2.05) is 0 Å². The topological polar surface area (TPSA) is 123 Å². The molecular weight excluding hydrogens is 388 g/mol. The second kappa shape index (κ2) is 9.48. The van der Waals surface area contributed by atoms with Crippen molar-refractivity contribution in [3.63, 3.8) is 0 Å². The van der Waals surface area contributed by atoms with Crippen molar-refractivity contribution in [1.82, 2.24) is 9.97 Å². The van der Waals surface area contributed by atoms with E-state index in [0.717, 1.165) is 0 Å². The maximum Gasteiger partial charge on any atom is 0.258 e. The molecule has 3 N–H and O–H groups in total. The number of aromatic nitrogens is 2. The van der Waals surface area contributed by atoms with Crippen LogP contribution in [0.15, 0.2) is 54.6 Å². The second-order valence-corrected chi connectivity index (χ2v) is 6.12. The third kappa shape index (κ3) is 5.09. The van der Waals surface area contributed by atoms with Crippen LogP contribution in [0.5, 0.6) is 11.6 Å². The van der Waals surface area contributed by atoms with E-state index >= 15 is 0 Å². The predicted octanol–water partition coefficient (Wildman–Crippen LogP) is 2.49. The highest BCUT2D eigenvalue weighted by molar-refractivity contribution is 6.05. The van der Waals surface area contributed by atoms with E-state index in [4.69, 9.17) is 9.47 Å². The maximum atomic E-state index is 12.5. The van der Waals surface area contributed by atoms with Gasteiger partial charge in [0, 0.05) is 17.2 Å². The molecule has 0 aliphatic heterocycles. The zero-order valence-corrected chi connectivity index (χ0v) is 16.4. The summed E-state index contributed by atoms with van der Waals surface area (Å²) in [6, 6.07) is 14.6. The van der Waals surface area contributed by atoms with Gasteiger partial charge in [0.25, 0.3) is 11.8 Å². The van der Waals surface area contributed by atoms with Gasteiger partial charge >= 0.3 is 0 Å². The summed E-state index contributed by atoms with van der Waals surface area (Å²) in [5.74, 6) is -0.0902. The molecule has 9 nitrogen and oxygen atoms in total. The second-order valence-electron chi connectivity index (χ2n) is 6.12. The van der Waals surface area contributed by atoms with Gasteiger partial charge in [-0.25, -0.2) is 0 Å². The normalized spacial score (nSPS) is 10.2. The van der Waals surface area contributed by atoms with Crippen molar-refractivity contribution in [1.29, 1.82) is 0 Å². The molecule has 1 heterocycles. The van der Waals surface area contributed by atoms with E-state index in [1.54, 1.807) is 48.5 Å². The quantitative estimate of drug-likeness (QED) is 0.549. The van der Waals surface area contributed by atoms with Crippen LogP contribution in [0.1, 0.15) is 26.3 Å². The van der Waals surface area contributed by atoms with E-state index in [9.17, 15) is 14.7 Å². The van der Waals surface area contributed by atoms with Crippen LogP contribution >= 0.6 is 0 Å². The predicted molar refractivity (Wildman–Crippen MR) is 110 cm³/mol. The van der Waals surface area contributed by atoms with E-state index < -0.39 is 11.8 Å². The fourth-order valence-electron chi connectivity index (χ4n) is 2.59. The molecule has 0 radical (unpaired) electrons. The van der Waals surface area contributed by atoms with Gasteiger partial charge in [0.05, 0.1) is 20.8 Å². The number of aliphatic hydroxyl groups is 1. The molecule has 0 saturated heterocycles. The Hall–Kier alpha value is -3.98. The van der Waals surface area contributed by atoms with Crippen molar-refractivity contribution in [3.05, 3.63) is 71.3 Å². The first-order valence-electron chi connectivity index (χ1n) is 8.92. The van der Waals surface area contributed by atoms with Crippen molar-refractivity contribution in [2.24, 2.45) is 0 Å². The van der Waals surface area contributed by atoms with Gasteiger partial charge in [-0.1, -0.05) is 18.2 Å². The van der Waals surface area contributed by atoms with Gasteiger partial charge in [-0.3, -0.25) is 14.9 Å². The summed E-state index contributed by atoms with van der Waals surface area (Å²) in [6.07, 6.45) is 0. The van der Waals surface area contributed by atoms with Gasteiger partial charge in [-0.15, -0.1) is 0 Å². The molecule has 3 aromatic rings. The molecule has 0 spiro atoms. The van der Waals surface area contributed by atoms with Crippen LogP contribution in [0.2, 0.25) is 0 Å². The molecule has 0 aliphatic rings. The van der Waals surface area contributed by atoms with Crippen molar-refractivity contribution < 1.29 is 24.2 Å². The summed E-state index contributed by atoms with van der Waals surface area (Å²) >= 11 is 0. The minimum atomic E-state index is -0.449. The minimum Gasteiger partial charge on any atom is -0.497 e. The van der Waals surface area contributed by atoms with Gasteiger partial charge in [-0.2, -0.15) is 9.97 Å². The van der Waals surface area contributed by atoms with Crippen LogP contribution in [0.3, 0.4) is 0 Å². The lowest BCUT2D eigenvalue weighted by atomic mass is 10.1. The average Bonchev–Trinajstić information content (AvgIpc) is 2.78. The first-order chi connectivity index (χ1) is 14.5. The number of hydrogen-bond acceptors (Lipinski definition) is 7. The van der Waals surface area contributed by atoms with Crippen LogP contribution in [-0.2, 0) is 6.61 Å². The highest BCUT2D eigenvalue weighted by Gasteiger charge is 2.14. The molecule has 2 amide bonds. The Bertz CT molecular complexity index is 991. The number of nitrogens with zero attached hydrogens (tertiary/aromatic N) is 2. The molecule has 3 rings (SSSR count). The lowest BCUT2D eigenvalue weighted by Gasteiger charge is -2.10. The van der Waals surface area contributed by atoms with Crippen molar-refractivity contribution in [3.8, 4) is 11.6 Å². The number of methoxy groups -OCH3 is 2. The molecule has 0 bridgehead atoms. The fourth-order valence-corrected chi connectivity index (χ4v) is 2.59. The van der Waals surface area contributed by atoms with Crippen LogP contribution in [0.25, 0.3) is 0 Å². The van der Waals surface area contributed by atoms with Crippen molar-refractivity contribution >= 4 is 23.6 Å². The molecule has 30 heavy (non-hydrogen) atoms. The molecular formula is C21H20N4O5. The number of nitrogens with one attached hydrogen (secondary N) is 2. The van der Waals surface area contributed by atoms with E-state index in [2.05, 4.69) is 20.6 Å². The summed E-state index contributed by atoms with van der Waals surface area (Å²) in [7, 11) is 2.92. The molecule has 0 unspecified atom stereocenters. The number of anilines is 2. The number of amides is 2. The van der Waals surface area contributed by atoms with E-state index in [1.165, 1.54) is 20.3 Å². The summed E-state index contributed by atoms with van der Waals surface area (Å²) in [5, 5.41) is 14.4. The number of carbonyl (C=O) groups excluding carboxylic acids is 2. The fraction of sp³-hybridized carbons (Fsp3) is 0.143. The Labute approximate surface area is 172 Å². The molecule has 154 valence electrons. The SMILES string of the molecule is COc1cccc(C(=O)Nc2nc(NC(=O)c3cccc(CO)c3)cc(OC)n2)c1. The Kier molecular flexibility index (Phi) is 6.56. The first kappa shape index (κ1) is 20.7. The van der Waals surface area contributed by atoms with Crippen LogP contribution in [0, 0.1) is 0 Å². The van der Waals surface area contributed by atoms with Gasteiger partial charge in [-0.05, 0) is 35.9 Å². The van der Waals surface area contributed by atoms with Crippen molar-refractivity contribution in [2.45, 2.75) is 6.61 Å². The third-order valence-electron chi connectivity index (χ3n) is 4.08. The first-order valence-corrected chi connectivity index (χ1v) is 8.92. The zero-order valence-electron chi connectivity index (χ0n) is 16.4. The molecule has 0 atom stereocenters. The number of ether oxygens (including phenoxy) is 2. The Morgan fingerprint density at radius 3 is 2.30 bits per heavy atom. The summed E-state index contributed by atoms with van der Waals surface area (Å²) in [6.45, 7) is -0.178. The van der Waals surface area contributed by atoms with E-state index in [-0.39, 0.29) is 24.3 Å². The molecule has 9 heteroatoms. The lowest BCUT2D eigenvalue weighted by molar-refractivity contribution is 0.101. The third-order valence-corrected chi connectivity index (χ3v) is 4.08. The number of carbonyl (C=O) groups is 2. The zero-order chi connectivity index (χ0) is 21.5. The molecule has 0 fully saturated rings. The maximum absolute atomic E-state index is 12.5. The Balaban J connectivity index is 1.80. The van der Waals surface area contributed by atoms with Crippen LogP contribution in [-0.4, -0.2) is 41.1 Å². The standard InChI is InChI=1S/C21H20N4O5/c1-29-16-8-4-7-15(10-16)20(28)25-21-23-17(11-18(24-21)30-2)22-19(27)14-6-3-5-13(9-14)12-26/h3-11,26H,12H2,1-2H3,(H2,22,23,24,25,27,28). The molecule has 1 aromatic heterocycles. The Morgan fingerprint density at radius 2 is 1.60 bits per heavy atom. The monoisotopic (exact) mass is 408 g/mol. The Morgan fingerprint density at radius 1 is 0.900 bits per heavy atom. The van der Waals surface area contributed by atoms with Gasteiger partial charge in [0.15, 0.2) is 0 Å². The lowest BCUT2D eigenvalue weighted by Crippen LogP contribution is -2.17. The average molecular weight is 408 g/mol. The highest BCUT2D eigenvalue weighted by atomic mass is 16.5. The summed E-state index contributed by atoms with van der Waals surface area (Å²) in [5.41, 5.74) is 1.31. The van der Waals surface area contributed by atoms with Gasteiger partial charge < -0.3 is 19.9 Å². The van der Waals surface area contributed by atoms with Gasteiger partial charge in [0.1, 0.15) is 11.6 Å². The van der Waals surface area contributed by atoms with Crippen LogP contribution < -0.4 is 20.1 Å². The number of hydrogen-bond donors (Lipinski definition) is 3. The summed E-state index contributed by atoms with van der Waals surface area (Å²) < 4.78 is 10.3. The van der Waals surface area contributed by atoms with E-state index in [0.29, 0.717) is 22.4 Å². The molecule has 0 saturated carbocycles. The summed E-state index contributed by atoms with van der Waals surface area (Å²) in [4.78, 5) is 33.3. The number of aliphatic hydroxyl groups excluding tert-OH is 1. The smallest absolute Gasteiger partial charge is 0.258 e. The molecule has 2 aromatic carbocycles. The largest absolute Gasteiger partial charge is 0.497 e.